The van der Waals surface area contributed by atoms with Crippen LogP contribution in [0.5, 0.6) is 11.6 Å². The predicted octanol–water partition coefficient (Wildman–Crippen LogP) is 3.05. The van der Waals surface area contributed by atoms with Crippen LogP contribution in [0.4, 0.5) is 11.5 Å². The molecular formula is C15H18N4O2. The van der Waals surface area contributed by atoms with Crippen LogP contribution in [0.1, 0.15) is 20.3 Å². The van der Waals surface area contributed by atoms with Crippen molar-refractivity contribution in [3.63, 3.8) is 0 Å². The molecule has 0 fully saturated rings. The fourth-order valence-corrected chi connectivity index (χ4v) is 1.70. The minimum absolute atomic E-state index is 0.157. The summed E-state index contributed by atoms with van der Waals surface area (Å²) < 4.78 is 5.70. The second-order valence-electron chi connectivity index (χ2n) is 4.45. The second kappa shape index (κ2) is 7.23. The number of carbonyl (C=O) groups excluding carboxylic acids is 1. The third-order valence-electron chi connectivity index (χ3n) is 2.58. The molecule has 0 aliphatic carbocycles. The molecule has 0 radical (unpaired) electrons. The fraction of sp³-hybridized carbons (Fsp3) is 0.267. The SMILES string of the molecule is CCCNc1cncc(Oc2ccccc2NC(C)=O)n1. The summed E-state index contributed by atoms with van der Waals surface area (Å²) in [5, 5.41) is 5.86. The van der Waals surface area contributed by atoms with Crippen molar-refractivity contribution in [1.29, 1.82) is 0 Å². The molecule has 110 valence electrons. The fourth-order valence-electron chi connectivity index (χ4n) is 1.70. The first-order valence-electron chi connectivity index (χ1n) is 6.79. The number of para-hydroxylation sites is 2. The first kappa shape index (κ1) is 14.8. The van der Waals surface area contributed by atoms with Crippen LogP contribution in [-0.2, 0) is 4.79 Å². The summed E-state index contributed by atoms with van der Waals surface area (Å²) in [6, 6.07) is 7.18. The number of benzene rings is 1. The third kappa shape index (κ3) is 4.45. The molecule has 1 aromatic carbocycles. The Morgan fingerprint density at radius 1 is 1.29 bits per heavy atom. The van der Waals surface area contributed by atoms with E-state index in [9.17, 15) is 4.79 Å². The number of hydrogen-bond acceptors (Lipinski definition) is 5. The smallest absolute Gasteiger partial charge is 0.239 e. The van der Waals surface area contributed by atoms with Crippen LogP contribution >= 0.6 is 0 Å². The van der Waals surface area contributed by atoms with Gasteiger partial charge >= 0.3 is 0 Å². The Balaban J connectivity index is 2.16. The van der Waals surface area contributed by atoms with Crippen molar-refractivity contribution in [3.8, 4) is 11.6 Å². The van der Waals surface area contributed by atoms with Gasteiger partial charge in [0.05, 0.1) is 18.1 Å². The maximum absolute atomic E-state index is 11.2. The number of carbonyl (C=O) groups is 1. The van der Waals surface area contributed by atoms with Gasteiger partial charge in [-0.25, -0.2) is 0 Å². The van der Waals surface area contributed by atoms with E-state index in [2.05, 4.69) is 27.5 Å². The lowest BCUT2D eigenvalue weighted by atomic mass is 10.3. The van der Waals surface area contributed by atoms with Gasteiger partial charge in [0.15, 0.2) is 5.75 Å². The van der Waals surface area contributed by atoms with E-state index in [4.69, 9.17) is 4.74 Å². The van der Waals surface area contributed by atoms with Crippen molar-refractivity contribution in [3.05, 3.63) is 36.7 Å². The molecule has 0 saturated heterocycles. The Bertz CT molecular complexity index is 616. The second-order valence-corrected chi connectivity index (χ2v) is 4.45. The number of nitrogens with one attached hydrogen (secondary N) is 2. The number of hydrogen-bond donors (Lipinski definition) is 2. The summed E-state index contributed by atoms with van der Waals surface area (Å²) in [4.78, 5) is 19.6. The minimum Gasteiger partial charge on any atom is -0.435 e. The molecule has 6 nitrogen and oxygen atoms in total. The predicted molar refractivity (Wildman–Crippen MR) is 81.6 cm³/mol. The van der Waals surface area contributed by atoms with Crippen LogP contribution < -0.4 is 15.4 Å². The molecule has 0 spiro atoms. The van der Waals surface area contributed by atoms with E-state index >= 15 is 0 Å². The molecule has 2 aromatic rings. The zero-order valence-corrected chi connectivity index (χ0v) is 12.1. The summed E-state index contributed by atoms with van der Waals surface area (Å²) in [7, 11) is 0. The Morgan fingerprint density at radius 3 is 2.86 bits per heavy atom. The van der Waals surface area contributed by atoms with E-state index in [1.165, 1.54) is 13.1 Å². The van der Waals surface area contributed by atoms with Gasteiger partial charge in [0.25, 0.3) is 0 Å². The van der Waals surface area contributed by atoms with Gasteiger partial charge in [-0.2, -0.15) is 4.98 Å². The average Bonchev–Trinajstić information content (AvgIpc) is 2.47. The molecule has 21 heavy (non-hydrogen) atoms. The number of anilines is 2. The van der Waals surface area contributed by atoms with E-state index in [1.54, 1.807) is 18.3 Å². The van der Waals surface area contributed by atoms with Crippen molar-refractivity contribution in [2.24, 2.45) is 0 Å². The van der Waals surface area contributed by atoms with E-state index in [1.807, 2.05) is 12.1 Å². The van der Waals surface area contributed by atoms with Crippen LogP contribution in [0.15, 0.2) is 36.7 Å². The van der Waals surface area contributed by atoms with E-state index in [-0.39, 0.29) is 5.91 Å². The van der Waals surface area contributed by atoms with Gasteiger partial charge in [-0.05, 0) is 18.6 Å². The van der Waals surface area contributed by atoms with Crippen molar-refractivity contribution in [2.45, 2.75) is 20.3 Å². The van der Waals surface area contributed by atoms with Crippen LogP contribution in [0.25, 0.3) is 0 Å². The Morgan fingerprint density at radius 2 is 2.10 bits per heavy atom. The largest absolute Gasteiger partial charge is 0.435 e. The van der Waals surface area contributed by atoms with Gasteiger partial charge in [-0.15, -0.1) is 0 Å². The molecule has 0 unspecified atom stereocenters. The lowest BCUT2D eigenvalue weighted by molar-refractivity contribution is -0.114. The molecule has 0 aliphatic heterocycles. The summed E-state index contributed by atoms with van der Waals surface area (Å²) >= 11 is 0. The van der Waals surface area contributed by atoms with Crippen molar-refractivity contribution in [2.75, 3.05) is 17.2 Å². The highest BCUT2D eigenvalue weighted by Gasteiger charge is 2.07. The van der Waals surface area contributed by atoms with E-state index in [0.717, 1.165) is 13.0 Å². The first-order chi connectivity index (χ1) is 10.2. The van der Waals surface area contributed by atoms with Crippen LogP contribution in [0.2, 0.25) is 0 Å². The van der Waals surface area contributed by atoms with Gasteiger partial charge in [0, 0.05) is 13.5 Å². The number of aromatic nitrogens is 2. The molecule has 1 amide bonds. The highest BCUT2D eigenvalue weighted by Crippen LogP contribution is 2.28. The van der Waals surface area contributed by atoms with E-state index in [0.29, 0.717) is 23.1 Å². The molecule has 6 heteroatoms. The molecule has 0 aliphatic rings. The maximum Gasteiger partial charge on any atom is 0.239 e. The highest BCUT2D eigenvalue weighted by atomic mass is 16.5. The molecule has 0 bridgehead atoms. The number of nitrogens with zero attached hydrogens (tertiary/aromatic N) is 2. The van der Waals surface area contributed by atoms with E-state index < -0.39 is 0 Å². The van der Waals surface area contributed by atoms with Gasteiger partial charge < -0.3 is 15.4 Å². The molecule has 0 atom stereocenters. The lowest BCUT2D eigenvalue weighted by Crippen LogP contribution is -2.07. The van der Waals surface area contributed by atoms with Crippen LogP contribution in [0, 0.1) is 0 Å². The highest BCUT2D eigenvalue weighted by molar-refractivity contribution is 5.90. The molecule has 0 saturated carbocycles. The maximum atomic E-state index is 11.2. The number of amides is 1. The van der Waals surface area contributed by atoms with Gasteiger partial charge in [0.1, 0.15) is 5.82 Å². The van der Waals surface area contributed by atoms with Gasteiger partial charge in [0.2, 0.25) is 11.8 Å². The Labute approximate surface area is 123 Å². The van der Waals surface area contributed by atoms with Gasteiger partial charge in [-0.1, -0.05) is 19.1 Å². The average molecular weight is 286 g/mol. The topological polar surface area (TPSA) is 76.1 Å². The van der Waals surface area contributed by atoms with Crippen molar-refractivity contribution >= 4 is 17.4 Å². The molecule has 1 aromatic heterocycles. The zero-order chi connectivity index (χ0) is 15.1. The first-order valence-corrected chi connectivity index (χ1v) is 6.79. The minimum atomic E-state index is -0.157. The Kier molecular flexibility index (Phi) is 5.09. The molecule has 2 rings (SSSR count). The monoisotopic (exact) mass is 286 g/mol. The van der Waals surface area contributed by atoms with Crippen LogP contribution in [0.3, 0.4) is 0 Å². The summed E-state index contributed by atoms with van der Waals surface area (Å²) in [6.07, 6.45) is 4.17. The third-order valence-corrected chi connectivity index (χ3v) is 2.58. The molecular weight excluding hydrogens is 268 g/mol. The zero-order valence-electron chi connectivity index (χ0n) is 12.1. The quantitative estimate of drug-likeness (QED) is 0.853. The lowest BCUT2D eigenvalue weighted by Gasteiger charge is -2.11. The molecule has 1 heterocycles. The number of rotatable bonds is 6. The summed E-state index contributed by atoms with van der Waals surface area (Å²) in [6.45, 7) is 4.34. The van der Waals surface area contributed by atoms with Gasteiger partial charge in [-0.3, -0.25) is 9.78 Å². The normalized spacial score (nSPS) is 10.0. The standard InChI is InChI=1S/C15H18N4O2/c1-3-8-17-14-9-16-10-15(19-14)21-13-7-5-4-6-12(13)18-11(2)20/h4-7,9-10H,3,8H2,1-2H3,(H,17,19)(H,18,20). The van der Waals surface area contributed by atoms with Crippen LogP contribution in [-0.4, -0.2) is 22.4 Å². The summed E-state index contributed by atoms with van der Waals surface area (Å²) in [5.41, 5.74) is 0.596. The van der Waals surface area contributed by atoms with Crippen molar-refractivity contribution in [1.82, 2.24) is 9.97 Å². The number of ether oxygens (including phenoxy) is 1. The van der Waals surface area contributed by atoms with Crippen molar-refractivity contribution < 1.29 is 9.53 Å². The Hall–Kier alpha value is -2.63. The molecule has 2 N–H and O–H groups in total. The summed E-state index contributed by atoms with van der Waals surface area (Å²) in [5.74, 6) is 1.39.